The van der Waals surface area contributed by atoms with E-state index in [1.807, 2.05) is 0 Å². The minimum atomic E-state index is 0.564. The molecule has 0 aliphatic heterocycles. The molecule has 5 heteroatoms. The number of hydrogen-bond acceptors (Lipinski definition) is 3. The highest BCUT2D eigenvalue weighted by molar-refractivity contribution is 5.22. The summed E-state index contributed by atoms with van der Waals surface area (Å²) in [4.78, 5) is 12.1. The zero-order valence-corrected chi connectivity index (χ0v) is 10.2. The van der Waals surface area contributed by atoms with E-state index in [2.05, 4.69) is 28.9 Å². The molecule has 0 saturated heterocycles. The zero-order chi connectivity index (χ0) is 11.8. The number of aromatic nitrogens is 5. The number of imidazole rings is 1. The maximum atomic E-state index is 4.70. The molecule has 2 unspecified atom stereocenters. The minimum absolute atomic E-state index is 0.564. The molecule has 3 rings (SSSR count). The van der Waals surface area contributed by atoms with Gasteiger partial charge in [0.2, 0.25) is 0 Å². The summed E-state index contributed by atoms with van der Waals surface area (Å²) in [5.74, 6) is 2.30. The summed E-state index contributed by atoms with van der Waals surface area (Å²) in [6, 6.07) is 0. The Morgan fingerprint density at radius 1 is 1.47 bits per heavy atom. The molecule has 90 valence electrons. The van der Waals surface area contributed by atoms with E-state index in [0.29, 0.717) is 12.5 Å². The molecular weight excluding hydrogens is 214 g/mol. The van der Waals surface area contributed by atoms with E-state index >= 15 is 0 Å². The number of aromatic amines is 1. The van der Waals surface area contributed by atoms with Crippen molar-refractivity contribution in [2.75, 3.05) is 0 Å². The van der Waals surface area contributed by atoms with Crippen LogP contribution in [0, 0.1) is 5.92 Å². The summed E-state index contributed by atoms with van der Waals surface area (Å²) >= 11 is 0. The molecule has 1 aliphatic carbocycles. The Kier molecular flexibility index (Phi) is 2.46. The predicted octanol–water partition coefficient (Wildman–Crippen LogP) is 1.74. The summed E-state index contributed by atoms with van der Waals surface area (Å²) < 4.78 is 1.79. The standard InChI is InChI=1S/C12H17N5/c1-8-3-9(2)12-10(4-8)15-11(16-12)5-17-7-13-6-14-17/h6-9H,3-5H2,1-2H3,(H,15,16). The maximum absolute atomic E-state index is 4.70. The first-order chi connectivity index (χ1) is 8.22. The Morgan fingerprint density at radius 3 is 3.12 bits per heavy atom. The Labute approximate surface area is 100 Å². The quantitative estimate of drug-likeness (QED) is 0.856. The summed E-state index contributed by atoms with van der Waals surface area (Å²) in [5, 5.41) is 4.10. The van der Waals surface area contributed by atoms with Gasteiger partial charge in [0.15, 0.2) is 0 Å². The lowest BCUT2D eigenvalue weighted by Gasteiger charge is -2.22. The van der Waals surface area contributed by atoms with Gasteiger partial charge in [-0.05, 0) is 18.8 Å². The van der Waals surface area contributed by atoms with Crippen LogP contribution in [0.2, 0.25) is 0 Å². The van der Waals surface area contributed by atoms with Crippen LogP contribution >= 0.6 is 0 Å². The van der Waals surface area contributed by atoms with Crippen molar-refractivity contribution in [2.45, 2.75) is 39.2 Å². The molecule has 5 nitrogen and oxygen atoms in total. The molecule has 0 aromatic carbocycles. The molecule has 0 amide bonds. The monoisotopic (exact) mass is 231 g/mol. The average Bonchev–Trinajstić information content (AvgIpc) is 2.87. The van der Waals surface area contributed by atoms with Crippen molar-refractivity contribution in [3.63, 3.8) is 0 Å². The Hall–Kier alpha value is -1.65. The second-order valence-corrected chi connectivity index (χ2v) is 5.09. The SMILES string of the molecule is CC1Cc2[nH]c(Cn3cncn3)nc2C(C)C1. The first-order valence-electron chi connectivity index (χ1n) is 6.12. The van der Waals surface area contributed by atoms with Crippen LogP contribution in [0.25, 0.3) is 0 Å². The number of H-pyrrole nitrogens is 1. The molecule has 0 saturated carbocycles. The highest BCUT2D eigenvalue weighted by Gasteiger charge is 2.25. The third-order valence-corrected chi connectivity index (χ3v) is 3.41. The predicted molar refractivity (Wildman–Crippen MR) is 63.6 cm³/mol. The summed E-state index contributed by atoms with van der Waals surface area (Å²) in [6.07, 6.45) is 5.62. The van der Waals surface area contributed by atoms with Gasteiger partial charge in [-0.1, -0.05) is 13.8 Å². The van der Waals surface area contributed by atoms with Gasteiger partial charge in [0.25, 0.3) is 0 Å². The fourth-order valence-corrected chi connectivity index (χ4v) is 2.73. The lowest BCUT2D eigenvalue weighted by Crippen LogP contribution is -2.14. The van der Waals surface area contributed by atoms with E-state index in [9.17, 15) is 0 Å². The van der Waals surface area contributed by atoms with E-state index in [0.717, 1.165) is 18.2 Å². The fourth-order valence-electron chi connectivity index (χ4n) is 2.73. The van der Waals surface area contributed by atoms with Gasteiger partial charge in [0.1, 0.15) is 25.0 Å². The molecule has 1 N–H and O–H groups in total. The molecule has 0 bridgehead atoms. The van der Waals surface area contributed by atoms with Crippen molar-refractivity contribution in [1.29, 1.82) is 0 Å². The van der Waals surface area contributed by atoms with Gasteiger partial charge in [-0.15, -0.1) is 0 Å². The number of nitrogens with zero attached hydrogens (tertiary/aromatic N) is 4. The van der Waals surface area contributed by atoms with E-state index in [1.54, 1.807) is 17.3 Å². The lowest BCUT2D eigenvalue weighted by atomic mass is 9.84. The zero-order valence-electron chi connectivity index (χ0n) is 10.2. The molecule has 17 heavy (non-hydrogen) atoms. The second kappa shape index (κ2) is 3.98. The molecule has 1 aliphatic rings. The van der Waals surface area contributed by atoms with Crippen LogP contribution < -0.4 is 0 Å². The Balaban J connectivity index is 1.86. The van der Waals surface area contributed by atoms with Crippen LogP contribution in [0.1, 0.15) is 43.4 Å². The van der Waals surface area contributed by atoms with Gasteiger partial charge in [0.05, 0.1) is 5.69 Å². The van der Waals surface area contributed by atoms with E-state index in [1.165, 1.54) is 17.8 Å². The molecule has 2 aromatic rings. The molecule has 2 aromatic heterocycles. The van der Waals surface area contributed by atoms with E-state index in [-0.39, 0.29) is 0 Å². The van der Waals surface area contributed by atoms with Crippen LogP contribution in [-0.2, 0) is 13.0 Å². The van der Waals surface area contributed by atoms with Crippen LogP contribution in [0.3, 0.4) is 0 Å². The first-order valence-corrected chi connectivity index (χ1v) is 6.12. The highest BCUT2D eigenvalue weighted by Crippen LogP contribution is 2.32. The van der Waals surface area contributed by atoms with Gasteiger partial charge < -0.3 is 4.98 Å². The normalized spacial score (nSPS) is 23.6. The second-order valence-electron chi connectivity index (χ2n) is 5.09. The molecule has 0 radical (unpaired) electrons. The smallest absolute Gasteiger partial charge is 0.137 e. The number of nitrogens with one attached hydrogen (secondary N) is 1. The lowest BCUT2D eigenvalue weighted by molar-refractivity contribution is 0.440. The van der Waals surface area contributed by atoms with Crippen LogP contribution in [0.15, 0.2) is 12.7 Å². The number of rotatable bonds is 2. The van der Waals surface area contributed by atoms with Crippen molar-refractivity contribution in [1.82, 2.24) is 24.7 Å². The molecule has 0 fully saturated rings. The van der Waals surface area contributed by atoms with Gasteiger partial charge >= 0.3 is 0 Å². The molecule has 2 heterocycles. The number of fused-ring (bicyclic) bond motifs is 1. The van der Waals surface area contributed by atoms with Gasteiger partial charge in [-0.3, -0.25) is 0 Å². The van der Waals surface area contributed by atoms with E-state index < -0.39 is 0 Å². The van der Waals surface area contributed by atoms with Crippen molar-refractivity contribution in [3.8, 4) is 0 Å². The maximum Gasteiger partial charge on any atom is 0.137 e. The highest BCUT2D eigenvalue weighted by atomic mass is 15.3. The first kappa shape index (κ1) is 10.5. The van der Waals surface area contributed by atoms with Crippen LogP contribution in [0.5, 0.6) is 0 Å². The van der Waals surface area contributed by atoms with Crippen molar-refractivity contribution < 1.29 is 0 Å². The van der Waals surface area contributed by atoms with Crippen LogP contribution in [-0.4, -0.2) is 24.7 Å². The summed E-state index contributed by atoms with van der Waals surface area (Å²) in [7, 11) is 0. The third kappa shape index (κ3) is 1.97. The molecule has 0 spiro atoms. The summed E-state index contributed by atoms with van der Waals surface area (Å²) in [5.41, 5.74) is 2.56. The largest absolute Gasteiger partial charge is 0.344 e. The van der Waals surface area contributed by atoms with Crippen molar-refractivity contribution in [2.24, 2.45) is 5.92 Å². The third-order valence-electron chi connectivity index (χ3n) is 3.41. The van der Waals surface area contributed by atoms with Crippen molar-refractivity contribution >= 4 is 0 Å². The van der Waals surface area contributed by atoms with Crippen LogP contribution in [0.4, 0.5) is 0 Å². The minimum Gasteiger partial charge on any atom is -0.344 e. The topological polar surface area (TPSA) is 59.4 Å². The fraction of sp³-hybridized carbons (Fsp3) is 0.583. The van der Waals surface area contributed by atoms with Crippen molar-refractivity contribution in [3.05, 3.63) is 29.9 Å². The van der Waals surface area contributed by atoms with Gasteiger partial charge in [-0.2, -0.15) is 5.10 Å². The molecular formula is C12H17N5. The Bertz CT molecular complexity index is 499. The molecule has 2 atom stereocenters. The van der Waals surface area contributed by atoms with E-state index in [4.69, 9.17) is 4.98 Å². The average molecular weight is 231 g/mol. The van der Waals surface area contributed by atoms with Gasteiger partial charge in [0, 0.05) is 11.6 Å². The summed E-state index contributed by atoms with van der Waals surface area (Å²) in [6.45, 7) is 5.24. The Morgan fingerprint density at radius 2 is 2.35 bits per heavy atom. The number of hydrogen-bond donors (Lipinski definition) is 1. The van der Waals surface area contributed by atoms with Gasteiger partial charge in [-0.25, -0.2) is 14.6 Å².